The van der Waals surface area contributed by atoms with E-state index in [-0.39, 0.29) is 12.0 Å². The molecule has 24 heavy (non-hydrogen) atoms. The van der Waals surface area contributed by atoms with Crippen molar-refractivity contribution in [3.8, 4) is 0 Å². The molecule has 3 heterocycles. The minimum Gasteiger partial charge on any atom is -0.450 e. The number of aromatic nitrogens is 3. The van der Waals surface area contributed by atoms with Gasteiger partial charge in [0.1, 0.15) is 0 Å². The molecule has 128 valence electrons. The van der Waals surface area contributed by atoms with Gasteiger partial charge in [-0.3, -0.25) is 9.20 Å². The van der Waals surface area contributed by atoms with E-state index in [1.165, 1.54) is 11.8 Å². The average Bonchev–Trinajstić information content (AvgIpc) is 3.03. The molecule has 8 nitrogen and oxygen atoms in total. The van der Waals surface area contributed by atoms with Crippen molar-refractivity contribution in [2.45, 2.75) is 12.1 Å². The summed E-state index contributed by atoms with van der Waals surface area (Å²) in [6.07, 6.45) is 1.56. The Balaban J connectivity index is 1.50. The molecular formula is C15H19N5O3S. The third-order valence-electron chi connectivity index (χ3n) is 3.77. The summed E-state index contributed by atoms with van der Waals surface area (Å²) in [7, 11) is 0. The number of rotatable bonds is 4. The number of hydrogen-bond acceptors (Lipinski definition) is 6. The average molecular weight is 349 g/mol. The second-order valence-corrected chi connectivity index (χ2v) is 6.21. The van der Waals surface area contributed by atoms with Crippen LogP contribution in [0.2, 0.25) is 0 Å². The topological polar surface area (TPSA) is 80.0 Å². The van der Waals surface area contributed by atoms with E-state index in [0.717, 1.165) is 5.65 Å². The lowest BCUT2D eigenvalue weighted by Gasteiger charge is -2.33. The predicted octanol–water partition coefficient (Wildman–Crippen LogP) is 1.12. The Kier molecular flexibility index (Phi) is 5.19. The number of carbonyl (C=O) groups is 2. The van der Waals surface area contributed by atoms with E-state index in [9.17, 15) is 9.59 Å². The molecule has 2 aromatic heterocycles. The smallest absolute Gasteiger partial charge is 0.409 e. The van der Waals surface area contributed by atoms with Crippen molar-refractivity contribution in [3.05, 3.63) is 24.4 Å². The van der Waals surface area contributed by atoms with E-state index < -0.39 is 0 Å². The number of fused-ring (bicyclic) bond motifs is 1. The maximum Gasteiger partial charge on any atom is 0.409 e. The fraction of sp³-hybridized carbons (Fsp3) is 0.467. The van der Waals surface area contributed by atoms with Crippen LogP contribution in [-0.4, -0.2) is 74.9 Å². The molecule has 0 aliphatic carbocycles. The quantitative estimate of drug-likeness (QED) is 0.770. The summed E-state index contributed by atoms with van der Waals surface area (Å²) in [4.78, 5) is 27.4. The zero-order valence-electron chi connectivity index (χ0n) is 13.4. The minimum atomic E-state index is -0.311. The van der Waals surface area contributed by atoms with Crippen LogP contribution in [0.15, 0.2) is 29.6 Å². The van der Waals surface area contributed by atoms with Crippen LogP contribution in [0.1, 0.15) is 6.92 Å². The van der Waals surface area contributed by atoms with Crippen LogP contribution < -0.4 is 0 Å². The molecule has 3 rings (SSSR count). The monoisotopic (exact) mass is 349 g/mol. The molecule has 0 radical (unpaired) electrons. The highest BCUT2D eigenvalue weighted by Crippen LogP contribution is 2.17. The number of hydrogen-bond donors (Lipinski definition) is 0. The molecule has 0 aromatic carbocycles. The molecular weight excluding hydrogens is 330 g/mol. The summed E-state index contributed by atoms with van der Waals surface area (Å²) in [5, 5.41) is 8.87. The Labute approximate surface area is 143 Å². The van der Waals surface area contributed by atoms with E-state index in [4.69, 9.17) is 4.74 Å². The molecule has 1 fully saturated rings. The predicted molar refractivity (Wildman–Crippen MR) is 88.9 cm³/mol. The molecule has 0 spiro atoms. The van der Waals surface area contributed by atoms with Crippen LogP contribution in [0.5, 0.6) is 0 Å². The van der Waals surface area contributed by atoms with Crippen LogP contribution in [0.3, 0.4) is 0 Å². The van der Waals surface area contributed by atoms with Gasteiger partial charge in [-0.1, -0.05) is 17.8 Å². The van der Waals surface area contributed by atoms with Gasteiger partial charge < -0.3 is 14.5 Å². The van der Waals surface area contributed by atoms with E-state index in [2.05, 4.69) is 10.2 Å². The molecule has 2 aromatic rings. The largest absolute Gasteiger partial charge is 0.450 e. The van der Waals surface area contributed by atoms with Gasteiger partial charge in [-0.15, -0.1) is 10.2 Å². The van der Waals surface area contributed by atoms with E-state index in [1.807, 2.05) is 28.8 Å². The third-order valence-corrected chi connectivity index (χ3v) is 4.69. The highest BCUT2D eigenvalue weighted by Gasteiger charge is 2.25. The summed E-state index contributed by atoms with van der Waals surface area (Å²) < 4.78 is 6.83. The first-order chi connectivity index (χ1) is 11.7. The molecule has 0 bridgehead atoms. The van der Waals surface area contributed by atoms with Gasteiger partial charge in [0.2, 0.25) is 5.91 Å². The molecule has 0 unspecified atom stereocenters. The van der Waals surface area contributed by atoms with Gasteiger partial charge in [0.25, 0.3) is 0 Å². The zero-order chi connectivity index (χ0) is 16.9. The first-order valence-electron chi connectivity index (χ1n) is 7.81. The maximum atomic E-state index is 12.3. The molecule has 9 heteroatoms. The number of amides is 2. The van der Waals surface area contributed by atoms with Crippen molar-refractivity contribution >= 4 is 29.4 Å². The summed E-state index contributed by atoms with van der Waals surface area (Å²) >= 11 is 1.37. The Morgan fingerprint density at radius 1 is 1.17 bits per heavy atom. The molecule has 2 amide bonds. The maximum absolute atomic E-state index is 12.3. The van der Waals surface area contributed by atoms with Gasteiger partial charge in [-0.2, -0.15) is 0 Å². The molecule has 0 saturated carbocycles. The van der Waals surface area contributed by atoms with Gasteiger partial charge in [-0.05, 0) is 19.1 Å². The Bertz CT molecular complexity index is 727. The fourth-order valence-corrected chi connectivity index (χ4v) is 3.32. The van der Waals surface area contributed by atoms with Gasteiger partial charge in [0, 0.05) is 32.4 Å². The minimum absolute atomic E-state index is 0.0381. The Morgan fingerprint density at radius 2 is 1.92 bits per heavy atom. The van der Waals surface area contributed by atoms with Crippen molar-refractivity contribution in [2.24, 2.45) is 0 Å². The molecule has 0 atom stereocenters. The standard InChI is InChI=1S/C15H19N5O3S/c1-2-23-15(22)19-9-7-18(8-10-19)13(21)11-24-14-17-16-12-5-3-4-6-20(12)14/h3-6H,2,7-11H2,1H3. The van der Waals surface area contributed by atoms with Crippen molar-refractivity contribution in [1.29, 1.82) is 0 Å². The molecule has 0 N–H and O–H groups in total. The lowest BCUT2D eigenvalue weighted by molar-refractivity contribution is -0.129. The van der Waals surface area contributed by atoms with Gasteiger partial charge in [0.05, 0.1) is 12.4 Å². The van der Waals surface area contributed by atoms with Crippen LogP contribution >= 0.6 is 11.8 Å². The normalized spacial score (nSPS) is 14.9. The SMILES string of the molecule is CCOC(=O)N1CCN(C(=O)CSc2nnc3ccccn23)CC1. The lowest BCUT2D eigenvalue weighted by atomic mass is 10.3. The first kappa shape index (κ1) is 16.6. The number of ether oxygens (including phenoxy) is 1. The van der Waals surface area contributed by atoms with Crippen molar-refractivity contribution in [3.63, 3.8) is 0 Å². The van der Waals surface area contributed by atoms with Crippen molar-refractivity contribution < 1.29 is 14.3 Å². The molecule has 1 saturated heterocycles. The van der Waals surface area contributed by atoms with Crippen LogP contribution in [0, 0.1) is 0 Å². The van der Waals surface area contributed by atoms with Gasteiger partial charge in [0.15, 0.2) is 10.8 Å². The Hall–Kier alpha value is -2.29. The summed E-state index contributed by atoms with van der Waals surface area (Å²) in [6, 6.07) is 5.66. The second kappa shape index (κ2) is 7.52. The second-order valence-electron chi connectivity index (χ2n) is 5.27. The van der Waals surface area contributed by atoms with Crippen molar-refractivity contribution in [1.82, 2.24) is 24.4 Å². The zero-order valence-corrected chi connectivity index (χ0v) is 14.2. The third kappa shape index (κ3) is 3.61. The van der Waals surface area contributed by atoms with Crippen LogP contribution in [0.4, 0.5) is 4.79 Å². The van der Waals surface area contributed by atoms with E-state index >= 15 is 0 Å². The summed E-state index contributed by atoms with van der Waals surface area (Å²) in [5.41, 5.74) is 0.760. The molecule has 1 aliphatic rings. The number of nitrogens with zero attached hydrogens (tertiary/aromatic N) is 5. The summed E-state index contributed by atoms with van der Waals surface area (Å²) in [6.45, 7) is 4.20. The first-order valence-corrected chi connectivity index (χ1v) is 8.79. The van der Waals surface area contributed by atoms with Gasteiger partial charge >= 0.3 is 6.09 Å². The van der Waals surface area contributed by atoms with E-state index in [1.54, 1.807) is 16.7 Å². The number of carbonyl (C=O) groups excluding carboxylic acids is 2. The van der Waals surface area contributed by atoms with Crippen LogP contribution in [0.25, 0.3) is 5.65 Å². The number of thioether (sulfide) groups is 1. The number of pyridine rings is 1. The summed E-state index contributed by atoms with van der Waals surface area (Å²) in [5.74, 6) is 0.339. The van der Waals surface area contributed by atoms with E-state index in [0.29, 0.717) is 43.7 Å². The number of piperazine rings is 1. The van der Waals surface area contributed by atoms with Crippen LogP contribution in [-0.2, 0) is 9.53 Å². The lowest BCUT2D eigenvalue weighted by Crippen LogP contribution is -2.51. The fourth-order valence-electron chi connectivity index (χ4n) is 2.49. The van der Waals surface area contributed by atoms with Crippen molar-refractivity contribution in [2.75, 3.05) is 38.5 Å². The molecule has 1 aliphatic heterocycles. The highest BCUT2D eigenvalue weighted by atomic mass is 32.2. The van der Waals surface area contributed by atoms with Gasteiger partial charge in [-0.25, -0.2) is 4.79 Å². The Morgan fingerprint density at radius 3 is 2.67 bits per heavy atom. The highest BCUT2D eigenvalue weighted by molar-refractivity contribution is 7.99.